The number of carboxylic acid groups (broad SMARTS) is 1. The van der Waals surface area contributed by atoms with Crippen LogP contribution in [0.2, 0.25) is 0 Å². The second kappa shape index (κ2) is 3.70. The highest BCUT2D eigenvalue weighted by molar-refractivity contribution is 9.10. The first kappa shape index (κ1) is 9.67. The van der Waals surface area contributed by atoms with Crippen molar-refractivity contribution in [2.75, 3.05) is 6.54 Å². The summed E-state index contributed by atoms with van der Waals surface area (Å²) >= 11 is 3.19. The highest BCUT2D eigenvalue weighted by Crippen LogP contribution is 2.31. The number of hydrogen-bond acceptors (Lipinski definition) is 4. The molecule has 1 aromatic heterocycles. The number of nitrogens with zero attached hydrogens (tertiary/aromatic N) is 1. The van der Waals surface area contributed by atoms with E-state index in [0.29, 0.717) is 10.2 Å². The molecule has 1 saturated heterocycles. The van der Waals surface area contributed by atoms with E-state index in [1.54, 1.807) is 0 Å². The van der Waals surface area contributed by atoms with Crippen LogP contribution in [0.1, 0.15) is 35.0 Å². The highest BCUT2D eigenvalue weighted by Gasteiger charge is 2.29. The molecule has 14 heavy (non-hydrogen) atoms. The van der Waals surface area contributed by atoms with Crippen LogP contribution >= 0.6 is 15.9 Å². The van der Waals surface area contributed by atoms with Gasteiger partial charge in [0.1, 0.15) is 0 Å². The fourth-order valence-corrected chi connectivity index (χ4v) is 2.19. The predicted octanol–water partition coefficient (Wildman–Crippen LogP) is 1.56. The van der Waals surface area contributed by atoms with Crippen LogP contribution in [0.4, 0.5) is 0 Å². The zero-order valence-electron chi connectivity index (χ0n) is 7.29. The van der Waals surface area contributed by atoms with E-state index in [1.165, 1.54) is 0 Å². The topological polar surface area (TPSA) is 75.4 Å². The standard InChI is InChI=1S/C8H9BrN2O3/c9-7-5(4-2-1-3-10-4)6(8(12)13)14-11-7/h4,10H,1-3H2,(H,12,13). The minimum atomic E-state index is -1.08. The zero-order valence-corrected chi connectivity index (χ0v) is 8.87. The molecular weight excluding hydrogens is 252 g/mol. The third kappa shape index (κ3) is 1.55. The lowest BCUT2D eigenvalue weighted by Crippen LogP contribution is -2.15. The van der Waals surface area contributed by atoms with E-state index in [1.807, 2.05) is 0 Å². The number of rotatable bonds is 2. The van der Waals surface area contributed by atoms with Crippen LogP contribution in [-0.2, 0) is 0 Å². The first-order chi connectivity index (χ1) is 6.70. The number of carboxylic acids is 1. The van der Waals surface area contributed by atoms with E-state index in [-0.39, 0.29) is 11.8 Å². The van der Waals surface area contributed by atoms with Gasteiger partial charge in [0.2, 0.25) is 5.76 Å². The zero-order chi connectivity index (χ0) is 10.1. The van der Waals surface area contributed by atoms with Gasteiger partial charge in [0.25, 0.3) is 0 Å². The van der Waals surface area contributed by atoms with Crippen LogP contribution in [0.3, 0.4) is 0 Å². The van der Waals surface area contributed by atoms with Crippen LogP contribution in [0, 0.1) is 0 Å². The van der Waals surface area contributed by atoms with Gasteiger partial charge in [-0.05, 0) is 35.3 Å². The second-order valence-corrected chi connectivity index (χ2v) is 3.92. The SMILES string of the molecule is O=C(O)c1onc(Br)c1C1CCCN1. The van der Waals surface area contributed by atoms with Gasteiger partial charge in [0, 0.05) is 6.04 Å². The Kier molecular flexibility index (Phi) is 2.56. The van der Waals surface area contributed by atoms with Gasteiger partial charge >= 0.3 is 5.97 Å². The summed E-state index contributed by atoms with van der Waals surface area (Å²) in [5.74, 6) is -1.15. The predicted molar refractivity (Wildman–Crippen MR) is 51.1 cm³/mol. The summed E-state index contributed by atoms with van der Waals surface area (Å²) in [4.78, 5) is 10.8. The number of halogens is 1. The van der Waals surface area contributed by atoms with Crippen molar-refractivity contribution in [3.05, 3.63) is 15.9 Å². The van der Waals surface area contributed by atoms with Gasteiger partial charge < -0.3 is 14.9 Å². The third-order valence-corrected chi connectivity index (χ3v) is 2.86. The van der Waals surface area contributed by atoms with Crippen molar-refractivity contribution in [3.63, 3.8) is 0 Å². The Morgan fingerprint density at radius 1 is 1.71 bits per heavy atom. The molecule has 0 amide bonds. The quantitative estimate of drug-likeness (QED) is 0.844. The normalized spacial score (nSPS) is 21.4. The van der Waals surface area contributed by atoms with Crippen molar-refractivity contribution in [2.24, 2.45) is 0 Å². The minimum absolute atomic E-state index is 0.0433. The molecule has 2 heterocycles. The van der Waals surface area contributed by atoms with E-state index in [9.17, 15) is 4.79 Å². The molecule has 0 spiro atoms. The van der Waals surface area contributed by atoms with Gasteiger partial charge in [-0.2, -0.15) is 0 Å². The van der Waals surface area contributed by atoms with Crippen LogP contribution in [0.25, 0.3) is 0 Å². The van der Waals surface area contributed by atoms with Gasteiger partial charge in [0.15, 0.2) is 4.60 Å². The summed E-state index contributed by atoms with van der Waals surface area (Å²) in [6.45, 7) is 0.904. The highest BCUT2D eigenvalue weighted by atomic mass is 79.9. The Bertz CT molecular complexity index is 357. The summed E-state index contributed by atoms with van der Waals surface area (Å²) in [5, 5.41) is 15.7. The molecule has 2 rings (SSSR count). The molecule has 76 valence electrons. The summed E-state index contributed by atoms with van der Waals surface area (Å²) in [7, 11) is 0. The van der Waals surface area contributed by atoms with E-state index < -0.39 is 5.97 Å². The Balaban J connectivity index is 2.38. The second-order valence-electron chi connectivity index (χ2n) is 3.17. The van der Waals surface area contributed by atoms with Crippen molar-refractivity contribution in [1.82, 2.24) is 10.5 Å². The smallest absolute Gasteiger partial charge is 0.375 e. The molecule has 0 bridgehead atoms. The molecule has 6 heteroatoms. The lowest BCUT2D eigenvalue weighted by atomic mass is 10.1. The lowest BCUT2D eigenvalue weighted by molar-refractivity contribution is 0.0649. The maximum Gasteiger partial charge on any atom is 0.375 e. The third-order valence-electron chi connectivity index (χ3n) is 2.29. The van der Waals surface area contributed by atoms with Gasteiger partial charge in [-0.15, -0.1) is 0 Å². The van der Waals surface area contributed by atoms with Crippen molar-refractivity contribution in [3.8, 4) is 0 Å². The lowest BCUT2D eigenvalue weighted by Gasteiger charge is -2.07. The largest absolute Gasteiger partial charge is 0.475 e. The maximum absolute atomic E-state index is 10.8. The van der Waals surface area contributed by atoms with Crippen molar-refractivity contribution in [1.29, 1.82) is 0 Å². The molecule has 5 nitrogen and oxygen atoms in total. The molecule has 1 aliphatic rings. The first-order valence-corrected chi connectivity index (χ1v) is 5.11. The fourth-order valence-electron chi connectivity index (χ4n) is 1.66. The maximum atomic E-state index is 10.8. The molecule has 0 radical (unpaired) electrons. The van der Waals surface area contributed by atoms with E-state index in [2.05, 4.69) is 26.4 Å². The molecular formula is C8H9BrN2O3. The van der Waals surface area contributed by atoms with Gasteiger partial charge in [-0.1, -0.05) is 5.16 Å². The molecule has 1 atom stereocenters. The first-order valence-electron chi connectivity index (χ1n) is 4.32. The monoisotopic (exact) mass is 260 g/mol. The molecule has 2 N–H and O–H groups in total. The molecule has 0 saturated carbocycles. The van der Waals surface area contributed by atoms with Crippen molar-refractivity contribution < 1.29 is 14.4 Å². The number of nitrogens with one attached hydrogen (secondary N) is 1. The molecule has 1 unspecified atom stereocenters. The van der Waals surface area contributed by atoms with Crippen molar-refractivity contribution in [2.45, 2.75) is 18.9 Å². The molecule has 0 aromatic carbocycles. The molecule has 1 aromatic rings. The van der Waals surface area contributed by atoms with Gasteiger partial charge in [0.05, 0.1) is 5.56 Å². The fraction of sp³-hybridized carbons (Fsp3) is 0.500. The van der Waals surface area contributed by atoms with Crippen LogP contribution in [-0.4, -0.2) is 22.8 Å². The number of aromatic carboxylic acids is 1. The van der Waals surface area contributed by atoms with Gasteiger partial charge in [-0.3, -0.25) is 0 Å². The summed E-state index contributed by atoms with van der Waals surface area (Å²) in [5.41, 5.74) is 0.620. The van der Waals surface area contributed by atoms with Crippen LogP contribution < -0.4 is 5.32 Å². The molecule has 1 aliphatic heterocycles. The van der Waals surface area contributed by atoms with E-state index in [0.717, 1.165) is 19.4 Å². The van der Waals surface area contributed by atoms with Gasteiger partial charge in [-0.25, -0.2) is 4.79 Å². The Morgan fingerprint density at radius 3 is 3.07 bits per heavy atom. The Hall–Kier alpha value is -0.880. The average molecular weight is 261 g/mol. The summed E-state index contributed by atoms with van der Waals surface area (Å²) < 4.78 is 5.21. The Labute approximate surface area is 88.6 Å². The van der Waals surface area contributed by atoms with E-state index >= 15 is 0 Å². The average Bonchev–Trinajstić information content (AvgIpc) is 2.71. The summed E-state index contributed by atoms with van der Waals surface area (Å²) in [6, 6.07) is 0.0433. The molecule has 0 aliphatic carbocycles. The number of hydrogen-bond donors (Lipinski definition) is 2. The van der Waals surface area contributed by atoms with Crippen molar-refractivity contribution >= 4 is 21.9 Å². The van der Waals surface area contributed by atoms with Crippen LogP contribution in [0.15, 0.2) is 9.13 Å². The number of aromatic nitrogens is 1. The number of carbonyl (C=O) groups is 1. The van der Waals surface area contributed by atoms with Crippen LogP contribution in [0.5, 0.6) is 0 Å². The van der Waals surface area contributed by atoms with E-state index in [4.69, 9.17) is 9.63 Å². The Morgan fingerprint density at radius 2 is 2.50 bits per heavy atom. The summed E-state index contributed by atoms with van der Waals surface area (Å²) in [6.07, 6.45) is 1.96. The molecule has 1 fully saturated rings. The minimum Gasteiger partial charge on any atom is -0.475 e.